The molecule has 2 heterocycles. The van der Waals surface area contributed by atoms with Gasteiger partial charge in [0.25, 0.3) is 5.91 Å². The van der Waals surface area contributed by atoms with Crippen molar-refractivity contribution in [2.45, 2.75) is 43.7 Å². The molecule has 10 heteroatoms. The van der Waals surface area contributed by atoms with Crippen molar-refractivity contribution in [3.8, 4) is 6.07 Å². The van der Waals surface area contributed by atoms with Crippen molar-refractivity contribution < 1.29 is 28.2 Å². The summed E-state index contributed by atoms with van der Waals surface area (Å²) in [7, 11) is 1.93. The molecule has 190 valence electrons. The summed E-state index contributed by atoms with van der Waals surface area (Å²) >= 11 is 0. The zero-order chi connectivity index (χ0) is 26.0. The average molecular weight is 501 g/mol. The van der Waals surface area contributed by atoms with Gasteiger partial charge >= 0.3 is 6.18 Å². The highest BCUT2D eigenvalue weighted by atomic mass is 19.4. The molecule has 0 spiro atoms. The summed E-state index contributed by atoms with van der Waals surface area (Å²) in [4.78, 5) is 14.3. The Kier molecular flexibility index (Phi) is 7.36. The summed E-state index contributed by atoms with van der Waals surface area (Å²) in [5, 5.41) is 32.4. The van der Waals surface area contributed by atoms with Crippen LogP contribution in [0.2, 0.25) is 0 Å². The summed E-state index contributed by atoms with van der Waals surface area (Å²) in [6.07, 6.45) is -6.16. The number of carbonyl (C=O) groups is 1. The van der Waals surface area contributed by atoms with Gasteiger partial charge in [-0.1, -0.05) is 6.07 Å². The second-order valence-electron chi connectivity index (χ2n) is 9.16. The van der Waals surface area contributed by atoms with Gasteiger partial charge in [0, 0.05) is 54.9 Å². The molecule has 0 bridgehead atoms. The van der Waals surface area contributed by atoms with Gasteiger partial charge in [-0.05, 0) is 60.7 Å². The molecule has 1 amide bonds. The Morgan fingerprint density at radius 3 is 2.58 bits per heavy atom. The topological polar surface area (TPSA) is 102 Å². The molecule has 1 aliphatic rings. The van der Waals surface area contributed by atoms with E-state index in [0.29, 0.717) is 42.7 Å². The first-order chi connectivity index (χ1) is 17.1. The lowest BCUT2D eigenvalue weighted by Crippen LogP contribution is -2.44. The SMILES string of the molecule is Cn1cc(C2CCN(C(O)C[C@@H](O)C(F)(F)F)CC2)c2cc(NC(=O)c3cccc(C#N)c3)ccc21. The molecule has 3 N–H and O–H groups in total. The predicted molar refractivity (Wildman–Crippen MR) is 128 cm³/mol. The predicted octanol–water partition coefficient (Wildman–Crippen LogP) is 4.11. The number of nitrogens with zero attached hydrogens (tertiary/aromatic N) is 3. The van der Waals surface area contributed by atoms with E-state index in [1.54, 1.807) is 23.1 Å². The van der Waals surface area contributed by atoms with E-state index in [2.05, 4.69) is 5.32 Å². The number of carbonyl (C=O) groups excluding carboxylic acids is 1. The minimum atomic E-state index is -4.76. The van der Waals surface area contributed by atoms with Crippen molar-refractivity contribution >= 4 is 22.5 Å². The van der Waals surface area contributed by atoms with E-state index in [0.717, 1.165) is 16.5 Å². The van der Waals surface area contributed by atoms with Crippen LogP contribution in [-0.2, 0) is 7.05 Å². The van der Waals surface area contributed by atoms with E-state index in [-0.39, 0.29) is 11.8 Å². The number of likely N-dealkylation sites (tertiary alicyclic amines) is 1. The van der Waals surface area contributed by atoms with Crippen molar-refractivity contribution in [2.24, 2.45) is 7.05 Å². The van der Waals surface area contributed by atoms with Crippen LogP contribution in [-0.4, -0.2) is 57.2 Å². The Balaban J connectivity index is 1.47. The van der Waals surface area contributed by atoms with Crippen LogP contribution in [0.3, 0.4) is 0 Å². The lowest BCUT2D eigenvalue weighted by atomic mass is 9.89. The number of fused-ring (bicyclic) bond motifs is 1. The number of amides is 1. The fraction of sp³-hybridized carbons (Fsp3) is 0.385. The van der Waals surface area contributed by atoms with Crippen LogP contribution < -0.4 is 5.32 Å². The van der Waals surface area contributed by atoms with Crippen molar-refractivity contribution in [2.75, 3.05) is 18.4 Å². The number of nitrogens with one attached hydrogen (secondary N) is 1. The zero-order valence-corrected chi connectivity index (χ0v) is 19.7. The fourth-order valence-electron chi connectivity index (χ4n) is 4.75. The quantitative estimate of drug-likeness (QED) is 0.473. The third-order valence-corrected chi connectivity index (χ3v) is 6.73. The molecule has 4 rings (SSSR count). The number of rotatable bonds is 6. The molecular formula is C26H27F3N4O3. The van der Waals surface area contributed by atoms with Gasteiger partial charge in [0.05, 0.1) is 11.6 Å². The minimum absolute atomic E-state index is 0.128. The van der Waals surface area contributed by atoms with Gasteiger partial charge in [0.15, 0.2) is 6.10 Å². The Bertz CT molecular complexity index is 1290. The van der Waals surface area contributed by atoms with Gasteiger partial charge in [-0.25, -0.2) is 0 Å². The average Bonchev–Trinajstić information content (AvgIpc) is 3.19. The molecule has 1 aromatic heterocycles. The number of aryl methyl sites for hydroxylation is 1. The highest BCUT2D eigenvalue weighted by molar-refractivity contribution is 6.05. The number of nitriles is 1. The fourth-order valence-corrected chi connectivity index (χ4v) is 4.75. The molecule has 7 nitrogen and oxygen atoms in total. The molecule has 1 fully saturated rings. The number of alkyl halides is 3. The highest BCUT2D eigenvalue weighted by Gasteiger charge is 2.40. The van der Waals surface area contributed by atoms with Crippen LogP contribution in [0.25, 0.3) is 10.9 Å². The molecule has 2 atom stereocenters. The number of aliphatic hydroxyl groups excluding tert-OH is 2. The lowest BCUT2D eigenvalue weighted by molar-refractivity contribution is -0.217. The summed E-state index contributed by atoms with van der Waals surface area (Å²) in [5.74, 6) is -0.199. The Morgan fingerprint density at radius 1 is 1.19 bits per heavy atom. The maximum atomic E-state index is 12.7. The third-order valence-electron chi connectivity index (χ3n) is 6.73. The number of piperidine rings is 1. The number of hydrogen-bond donors (Lipinski definition) is 3. The molecule has 0 aliphatic carbocycles. The molecule has 2 aromatic carbocycles. The third kappa shape index (κ3) is 5.54. The number of aliphatic hydroxyl groups is 2. The second-order valence-corrected chi connectivity index (χ2v) is 9.16. The van der Waals surface area contributed by atoms with Crippen molar-refractivity contribution in [1.82, 2.24) is 9.47 Å². The van der Waals surface area contributed by atoms with E-state index >= 15 is 0 Å². The van der Waals surface area contributed by atoms with E-state index in [9.17, 15) is 28.2 Å². The van der Waals surface area contributed by atoms with Gasteiger partial charge in [0.2, 0.25) is 0 Å². The molecule has 1 unspecified atom stereocenters. The van der Waals surface area contributed by atoms with Crippen molar-refractivity contribution in [3.63, 3.8) is 0 Å². The molecular weight excluding hydrogens is 473 g/mol. The summed E-state index contributed by atoms with van der Waals surface area (Å²) < 4.78 is 39.9. The van der Waals surface area contributed by atoms with Gasteiger partial charge in [-0.2, -0.15) is 18.4 Å². The number of benzene rings is 2. The van der Waals surface area contributed by atoms with Crippen LogP contribution in [0.4, 0.5) is 18.9 Å². The molecule has 1 saturated heterocycles. The van der Waals surface area contributed by atoms with Crippen LogP contribution in [0.15, 0.2) is 48.7 Å². The Morgan fingerprint density at radius 2 is 1.92 bits per heavy atom. The van der Waals surface area contributed by atoms with Gasteiger partial charge in [-0.3, -0.25) is 9.69 Å². The van der Waals surface area contributed by atoms with Crippen molar-refractivity contribution in [3.05, 3.63) is 65.4 Å². The second kappa shape index (κ2) is 10.3. The van der Waals surface area contributed by atoms with Crippen LogP contribution in [0, 0.1) is 11.3 Å². The number of anilines is 1. The first-order valence-corrected chi connectivity index (χ1v) is 11.6. The summed E-state index contributed by atoms with van der Waals surface area (Å²) in [5.41, 5.74) is 3.43. The lowest BCUT2D eigenvalue weighted by Gasteiger charge is -2.36. The zero-order valence-electron chi connectivity index (χ0n) is 19.7. The summed E-state index contributed by atoms with van der Waals surface area (Å²) in [6, 6.07) is 14.1. The standard InChI is InChI=1S/C26H27F3N4O3/c1-32-15-21(17-7-9-33(10-8-17)24(35)13-23(34)26(27,28)29)20-12-19(5-6-22(20)32)31-25(36)18-4-2-3-16(11-18)14-30/h2-6,11-12,15,17,23-24,34-35H,7-10,13H2,1H3,(H,31,36)/t23-,24?/m1/s1. The van der Waals surface area contributed by atoms with Crippen LogP contribution in [0.1, 0.15) is 46.7 Å². The van der Waals surface area contributed by atoms with Gasteiger partial charge in [0.1, 0.15) is 6.23 Å². The maximum Gasteiger partial charge on any atom is 0.414 e. The number of hydrogen-bond acceptors (Lipinski definition) is 5. The molecule has 36 heavy (non-hydrogen) atoms. The largest absolute Gasteiger partial charge is 0.414 e. The van der Waals surface area contributed by atoms with Crippen LogP contribution >= 0.6 is 0 Å². The molecule has 0 saturated carbocycles. The van der Waals surface area contributed by atoms with E-state index in [1.165, 1.54) is 6.07 Å². The van der Waals surface area contributed by atoms with Gasteiger partial charge < -0.3 is 20.1 Å². The van der Waals surface area contributed by atoms with Gasteiger partial charge in [-0.15, -0.1) is 0 Å². The minimum Gasteiger partial charge on any atom is -0.384 e. The smallest absolute Gasteiger partial charge is 0.384 e. The number of halogens is 3. The monoisotopic (exact) mass is 500 g/mol. The Labute approximate surface area is 206 Å². The summed E-state index contributed by atoms with van der Waals surface area (Å²) in [6.45, 7) is 0.802. The number of aromatic nitrogens is 1. The van der Waals surface area contributed by atoms with Crippen molar-refractivity contribution in [1.29, 1.82) is 5.26 Å². The van der Waals surface area contributed by atoms with E-state index in [4.69, 9.17) is 5.26 Å². The van der Waals surface area contributed by atoms with E-state index in [1.807, 2.05) is 42.1 Å². The Hall–Kier alpha value is -3.39. The highest BCUT2D eigenvalue weighted by Crippen LogP contribution is 2.36. The maximum absolute atomic E-state index is 12.7. The first-order valence-electron chi connectivity index (χ1n) is 11.6. The van der Waals surface area contributed by atoms with Crippen LogP contribution in [0.5, 0.6) is 0 Å². The van der Waals surface area contributed by atoms with E-state index < -0.39 is 24.9 Å². The molecule has 1 aliphatic heterocycles. The first kappa shape index (κ1) is 25.7. The normalized spacial score (nSPS) is 17.0. The molecule has 3 aromatic rings. The molecule has 0 radical (unpaired) electrons.